The SMILES string of the molecule is Cn1cc(CN2CCN(CC(F)(F)F)CC2(C)C)c(=O)n(C)c1=O. The number of piperazine rings is 1. The molecule has 0 aliphatic carbocycles. The quantitative estimate of drug-likeness (QED) is 0.800. The van der Waals surface area contributed by atoms with Crippen LogP contribution >= 0.6 is 0 Å². The van der Waals surface area contributed by atoms with Gasteiger partial charge in [0.05, 0.1) is 6.54 Å². The predicted octanol–water partition coefficient (Wildman–Crippen LogP) is 0.543. The van der Waals surface area contributed by atoms with Crippen molar-refractivity contribution < 1.29 is 13.2 Å². The number of nitrogens with zero attached hydrogens (tertiary/aromatic N) is 4. The zero-order valence-electron chi connectivity index (χ0n) is 14.4. The molecule has 0 saturated carbocycles. The fourth-order valence-electron chi connectivity index (χ4n) is 3.17. The van der Waals surface area contributed by atoms with Crippen molar-refractivity contribution in [2.75, 3.05) is 26.2 Å². The van der Waals surface area contributed by atoms with Crippen LogP contribution in [-0.2, 0) is 20.6 Å². The summed E-state index contributed by atoms with van der Waals surface area (Å²) >= 11 is 0. The zero-order valence-corrected chi connectivity index (χ0v) is 14.4. The molecule has 0 spiro atoms. The molecule has 0 N–H and O–H groups in total. The van der Waals surface area contributed by atoms with E-state index in [0.717, 1.165) is 4.57 Å². The van der Waals surface area contributed by atoms with Gasteiger partial charge in [0, 0.05) is 57.6 Å². The maximum absolute atomic E-state index is 12.6. The maximum Gasteiger partial charge on any atom is 0.401 e. The molecule has 0 bridgehead atoms. The normalized spacial score (nSPS) is 19.6. The van der Waals surface area contributed by atoms with Crippen LogP contribution in [0.15, 0.2) is 15.8 Å². The standard InChI is InChI=1S/C15H23F3N4O2/c1-14(2)9-21(10-15(16,17)18)5-6-22(14)8-11-7-19(3)13(24)20(4)12(11)23/h7H,5-6,8-10H2,1-4H3. The fraction of sp³-hybridized carbons (Fsp3) is 0.733. The van der Waals surface area contributed by atoms with E-state index in [9.17, 15) is 22.8 Å². The van der Waals surface area contributed by atoms with E-state index in [0.29, 0.717) is 18.7 Å². The summed E-state index contributed by atoms with van der Waals surface area (Å²) in [6.07, 6.45) is -2.71. The van der Waals surface area contributed by atoms with E-state index in [1.165, 1.54) is 22.7 Å². The Morgan fingerprint density at radius 1 is 1.17 bits per heavy atom. The summed E-state index contributed by atoms with van der Waals surface area (Å²) < 4.78 is 40.1. The summed E-state index contributed by atoms with van der Waals surface area (Å²) in [4.78, 5) is 27.3. The van der Waals surface area contributed by atoms with Crippen LogP contribution in [0, 0.1) is 0 Å². The van der Waals surface area contributed by atoms with Crippen LogP contribution in [0.3, 0.4) is 0 Å². The molecule has 136 valence electrons. The minimum absolute atomic E-state index is 0.262. The number of alkyl halides is 3. The Morgan fingerprint density at radius 3 is 2.33 bits per heavy atom. The van der Waals surface area contributed by atoms with Gasteiger partial charge < -0.3 is 4.57 Å². The highest BCUT2D eigenvalue weighted by atomic mass is 19.4. The highest BCUT2D eigenvalue weighted by Crippen LogP contribution is 2.25. The molecule has 9 heteroatoms. The third-order valence-electron chi connectivity index (χ3n) is 4.43. The van der Waals surface area contributed by atoms with E-state index in [-0.39, 0.29) is 18.6 Å². The molecule has 0 amide bonds. The minimum atomic E-state index is -4.22. The molecule has 2 heterocycles. The van der Waals surface area contributed by atoms with Crippen LogP contribution < -0.4 is 11.2 Å². The molecule has 2 rings (SSSR count). The lowest BCUT2D eigenvalue weighted by Gasteiger charge is -2.47. The van der Waals surface area contributed by atoms with Crippen LogP contribution in [0.25, 0.3) is 0 Å². The van der Waals surface area contributed by atoms with Crippen LogP contribution in [0.1, 0.15) is 19.4 Å². The van der Waals surface area contributed by atoms with Crippen LogP contribution in [0.5, 0.6) is 0 Å². The van der Waals surface area contributed by atoms with E-state index in [4.69, 9.17) is 0 Å². The lowest BCUT2D eigenvalue weighted by molar-refractivity contribution is -0.155. The average Bonchev–Trinajstić information content (AvgIpc) is 2.42. The summed E-state index contributed by atoms with van der Waals surface area (Å²) in [5, 5.41) is 0. The van der Waals surface area contributed by atoms with Crippen LogP contribution in [0.4, 0.5) is 13.2 Å². The molecule has 1 aliphatic rings. The van der Waals surface area contributed by atoms with Gasteiger partial charge in [-0.05, 0) is 13.8 Å². The second-order valence-corrected chi connectivity index (χ2v) is 6.97. The first kappa shape index (κ1) is 18.7. The van der Waals surface area contributed by atoms with Crippen LogP contribution in [-0.4, -0.2) is 56.8 Å². The Bertz CT molecular complexity index is 721. The third-order valence-corrected chi connectivity index (χ3v) is 4.43. The second-order valence-electron chi connectivity index (χ2n) is 6.97. The summed E-state index contributed by atoms with van der Waals surface area (Å²) in [7, 11) is 2.98. The highest BCUT2D eigenvalue weighted by molar-refractivity contribution is 5.07. The minimum Gasteiger partial charge on any atom is -0.303 e. The summed E-state index contributed by atoms with van der Waals surface area (Å²) in [5.74, 6) is 0. The van der Waals surface area contributed by atoms with Gasteiger partial charge in [-0.2, -0.15) is 13.2 Å². The van der Waals surface area contributed by atoms with Gasteiger partial charge in [-0.15, -0.1) is 0 Å². The van der Waals surface area contributed by atoms with Gasteiger partial charge in [0.2, 0.25) is 0 Å². The molecule has 6 nitrogen and oxygen atoms in total. The number of aromatic nitrogens is 2. The Labute approximate surface area is 138 Å². The molecule has 1 aromatic rings. The van der Waals surface area contributed by atoms with Gasteiger partial charge >= 0.3 is 11.9 Å². The van der Waals surface area contributed by atoms with Gasteiger partial charge in [-0.3, -0.25) is 19.2 Å². The van der Waals surface area contributed by atoms with E-state index < -0.39 is 23.9 Å². The molecular weight excluding hydrogens is 325 g/mol. The molecule has 0 unspecified atom stereocenters. The predicted molar refractivity (Wildman–Crippen MR) is 83.9 cm³/mol. The van der Waals surface area contributed by atoms with Gasteiger partial charge in [0.1, 0.15) is 0 Å². The van der Waals surface area contributed by atoms with Crippen molar-refractivity contribution in [3.05, 3.63) is 32.6 Å². The number of aryl methyl sites for hydroxylation is 1. The van der Waals surface area contributed by atoms with Crippen molar-refractivity contribution in [1.29, 1.82) is 0 Å². The molecule has 1 aliphatic heterocycles. The smallest absolute Gasteiger partial charge is 0.303 e. The Morgan fingerprint density at radius 2 is 1.79 bits per heavy atom. The van der Waals surface area contributed by atoms with Gasteiger partial charge in [0.15, 0.2) is 0 Å². The molecule has 1 saturated heterocycles. The molecule has 1 aromatic heterocycles. The fourth-order valence-corrected chi connectivity index (χ4v) is 3.17. The van der Waals surface area contributed by atoms with Crippen molar-refractivity contribution >= 4 is 0 Å². The molecule has 24 heavy (non-hydrogen) atoms. The monoisotopic (exact) mass is 348 g/mol. The topological polar surface area (TPSA) is 50.5 Å². The second kappa shape index (κ2) is 6.36. The molecule has 0 atom stereocenters. The van der Waals surface area contributed by atoms with Crippen molar-refractivity contribution in [3.8, 4) is 0 Å². The van der Waals surface area contributed by atoms with Crippen molar-refractivity contribution in [2.24, 2.45) is 14.1 Å². The van der Waals surface area contributed by atoms with Crippen molar-refractivity contribution in [3.63, 3.8) is 0 Å². The summed E-state index contributed by atoms with van der Waals surface area (Å²) in [6.45, 7) is 4.08. The van der Waals surface area contributed by atoms with E-state index in [2.05, 4.69) is 0 Å². The molecular formula is C15H23F3N4O2. The number of hydrogen-bond donors (Lipinski definition) is 0. The van der Waals surface area contributed by atoms with Crippen molar-refractivity contribution in [2.45, 2.75) is 32.1 Å². The Balaban J connectivity index is 2.18. The highest BCUT2D eigenvalue weighted by Gasteiger charge is 2.38. The van der Waals surface area contributed by atoms with E-state index in [1.807, 2.05) is 18.7 Å². The summed E-state index contributed by atoms with van der Waals surface area (Å²) in [6, 6.07) is 0. The van der Waals surface area contributed by atoms with E-state index >= 15 is 0 Å². The molecule has 0 aromatic carbocycles. The summed E-state index contributed by atoms with van der Waals surface area (Å²) in [5.41, 5.74) is -0.829. The van der Waals surface area contributed by atoms with Gasteiger partial charge in [-0.25, -0.2) is 4.79 Å². The number of halogens is 3. The molecule has 1 fully saturated rings. The number of hydrogen-bond acceptors (Lipinski definition) is 4. The lowest BCUT2D eigenvalue weighted by atomic mass is 9.98. The van der Waals surface area contributed by atoms with E-state index in [1.54, 1.807) is 7.05 Å². The Kier molecular flexibility index (Phi) is 4.96. The average molecular weight is 348 g/mol. The largest absolute Gasteiger partial charge is 0.401 e. The zero-order chi connectivity index (χ0) is 18.3. The molecule has 0 radical (unpaired) electrons. The first-order valence-corrected chi connectivity index (χ1v) is 7.70. The first-order chi connectivity index (χ1) is 10.9. The maximum atomic E-state index is 12.6. The number of rotatable bonds is 3. The Hall–Kier alpha value is -1.61. The van der Waals surface area contributed by atoms with Gasteiger partial charge in [0.25, 0.3) is 5.56 Å². The van der Waals surface area contributed by atoms with Gasteiger partial charge in [-0.1, -0.05) is 0 Å². The lowest BCUT2D eigenvalue weighted by Crippen LogP contribution is -2.60. The van der Waals surface area contributed by atoms with Crippen molar-refractivity contribution in [1.82, 2.24) is 18.9 Å². The van der Waals surface area contributed by atoms with Crippen LogP contribution in [0.2, 0.25) is 0 Å². The first-order valence-electron chi connectivity index (χ1n) is 7.70. The third kappa shape index (κ3) is 4.07.